The van der Waals surface area contributed by atoms with Crippen LogP contribution in [0.5, 0.6) is 11.5 Å². The van der Waals surface area contributed by atoms with E-state index in [2.05, 4.69) is 15.5 Å². The van der Waals surface area contributed by atoms with E-state index < -0.39 is 0 Å². The predicted octanol–water partition coefficient (Wildman–Crippen LogP) is 3.78. The fraction of sp³-hybridized carbons (Fsp3) is 0.500. The molecule has 1 heterocycles. The molecule has 25 heavy (non-hydrogen) atoms. The molecular formula is C18H23N3O3S. The number of benzene rings is 1. The summed E-state index contributed by atoms with van der Waals surface area (Å²) >= 11 is 1.49. The first-order valence-corrected chi connectivity index (χ1v) is 9.35. The Balaban J connectivity index is 1.62. The van der Waals surface area contributed by atoms with Crippen LogP contribution in [0.4, 0.5) is 5.13 Å². The van der Waals surface area contributed by atoms with Crippen LogP contribution in [0.1, 0.15) is 48.6 Å². The van der Waals surface area contributed by atoms with Crippen LogP contribution >= 0.6 is 11.3 Å². The topological polar surface area (TPSA) is 73.3 Å². The van der Waals surface area contributed by atoms with Crippen molar-refractivity contribution in [3.8, 4) is 11.5 Å². The van der Waals surface area contributed by atoms with Gasteiger partial charge in [0.15, 0.2) is 0 Å². The van der Waals surface area contributed by atoms with Crippen LogP contribution in [0, 0.1) is 0 Å². The zero-order valence-electron chi connectivity index (χ0n) is 14.6. The molecule has 0 atom stereocenters. The van der Waals surface area contributed by atoms with E-state index in [1.807, 2.05) is 12.1 Å². The van der Waals surface area contributed by atoms with Crippen molar-refractivity contribution in [1.29, 1.82) is 0 Å². The summed E-state index contributed by atoms with van der Waals surface area (Å²) < 4.78 is 10.5. The smallest absolute Gasteiger partial charge is 0.230 e. The number of methoxy groups -OCH3 is 2. The third-order valence-corrected chi connectivity index (χ3v) is 5.49. The molecule has 2 aromatic rings. The molecule has 0 saturated heterocycles. The average Bonchev–Trinajstić information content (AvgIpc) is 3.11. The van der Waals surface area contributed by atoms with E-state index in [1.54, 1.807) is 20.3 Å². The first-order chi connectivity index (χ1) is 12.2. The summed E-state index contributed by atoms with van der Waals surface area (Å²) in [6, 6.07) is 5.43. The quantitative estimate of drug-likeness (QED) is 0.847. The van der Waals surface area contributed by atoms with Crippen molar-refractivity contribution in [2.75, 3.05) is 19.5 Å². The van der Waals surface area contributed by atoms with Crippen LogP contribution in [0.25, 0.3) is 0 Å². The summed E-state index contributed by atoms with van der Waals surface area (Å²) in [5.41, 5.74) is 0.804. The summed E-state index contributed by atoms with van der Waals surface area (Å²) in [5, 5.41) is 12.9. The molecule has 1 aromatic carbocycles. The van der Waals surface area contributed by atoms with Gasteiger partial charge >= 0.3 is 0 Å². The van der Waals surface area contributed by atoms with Gasteiger partial charge in [-0.15, -0.1) is 10.2 Å². The Morgan fingerprint density at radius 3 is 2.72 bits per heavy atom. The van der Waals surface area contributed by atoms with Crippen LogP contribution in [0.3, 0.4) is 0 Å². The number of nitrogens with zero attached hydrogens (tertiary/aromatic N) is 2. The second-order valence-electron chi connectivity index (χ2n) is 6.18. The van der Waals surface area contributed by atoms with Crippen LogP contribution in [0.15, 0.2) is 18.2 Å². The Bertz CT molecular complexity index is 726. The van der Waals surface area contributed by atoms with Crippen molar-refractivity contribution in [3.63, 3.8) is 0 Å². The van der Waals surface area contributed by atoms with Gasteiger partial charge in [-0.25, -0.2) is 0 Å². The van der Waals surface area contributed by atoms with Crippen molar-refractivity contribution < 1.29 is 14.3 Å². The van der Waals surface area contributed by atoms with Gasteiger partial charge in [-0.1, -0.05) is 36.7 Å². The number of carbonyl (C=O) groups excluding carboxylic acids is 1. The molecule has 1 aliphatic carbocycles. The lowest BCUT2D eigenvalue weighted by Gasteiger charge is -2.18. The first kappa shape index (κ1) is 17.7. The average molecular weight is 361 g/mol. The standard InChI is InChI=1S/C18H23N3O3S/c1-23-14-9-8-13(15(11-14)24-2)10-16(22)19-18-21-20-17(25-18)12-6-4-3-5-7-12/h8-9,11-12H,3-7,10H2,1-2H3,(H,19,21,22). The van der Waals surface area contributed by atoms with Gasteiger partial charge in [0.05, 0.1) is 20.6 Å². The highest BCUT2D eigenvalue weighted by Crippen LogP contribution is 2.35. The summed E-state index contributed by atoms with van der Waals surface area (Å²) in [6.45, 7) is 0. The Hall–Kier alpha value is -2.15. The maximum Gasteiger partial charge on any atom is 0.230 e. The summed E-state index contributed by atoms with van der Waals surface area (Å²) in [4.78, 5) is 12.3. The maximum atomic E-state index is 12.3. The van der Waals surface area contributed by atoms with E-state index in [9.17, 15) is 4.79 Å². The number of carbonyl (C=O) groups is 1. The molecule has 0 aliphatic heterocycles. The highest BCUT2D eigenvalue weighted by molar-refractivity contribution is 7.15. The third-order valence-electron chi connectivity index (χ3n) is 4.49. The second kappa shape index (κ2) is 8.29. The second-order valence-corrected chi connectivity index (χ2v) is 7.19. The molecule has 3 rings (SSSR count). The maximum absolute atomic E-state index is 12.3. The molecule has 0 radical (unpaired) electrons. The summed E-state index contributed by atoms with van der Waals surface area (Å²) in [5.74, 6) is 1.70. The molecule has 0 spiro atoms. The zero-order valence-corrected chi connectivity index (χ0v) is 15.4. The minimum atomic E-state index is -0.130. The largest absolute Gasteiger partial charge is 0.497 e. The fourth-order valence-corrected chi connectivity index (χ4v) is 4.06. The van der Waals surface area contributed by atoms with E-state index in [1.165, 1.54) is 43.4 Å². The van der Waals surface area contributed by atoms with Gasteiger partial charge in [-0.2, -0.15) is 0 Å². The number of hydrogen-bond donors (Lipinski definition) is 1. The molecule has 6 nitrogen and oxygen atoms in total. The fourth-order valence-electron chi connectivity index (χ4n) is 3.13. The molecule has 0 unspecified atom stereocenters. The van der Waals surface area contributed by atoms with Crippen molar-refractivity contribution >= 4 is 22.4 Å². The van der Waals surface area contributed by atoms with Crippen molar-refractivity contribution in [2.45, 2.75) is 44.4 Å². The van der Waals surface area contributed by atoms with Crippen molar-refractivity contribution in [1.82, 2.24) is 10.2 Å². The van der Waals surface area contributed by atoms with Crippen LogP contribution < -0.4 is 14.8 Å². The molecule has 1 aromatic heterocycles. The van der Waals surface area contributed by atoms with E-state index >= 15 is 0 Å². The van der Waals surface area contributed by atoms with Gasteiger partial charge in [0, 0.05) is 17.5 Å². The highest BCUT2D eigenvalue weighted by Gasteiger charge is 2.20. The molecule has 1 aliphatic rings. The van der Waals surface area contributed by atoms with Crippen LogP contribution in [-0.2, 0) is 11.2 Å². The van der Waals surface area contributed by atoms with E-state index in [0.717, 1.165) is 10.6 Å². The summed E-state index contributed by atoms with van der Waals surface area (Å²) in [7, 11) is 3.18. The van der Waals surface area contributed by atoms with E-state index in [0.29, 0.717) is 22.5 Å². The number of ether oxygens (including phenoxy) is 2. The Labute approximate surface area is 151 Å². The molecular weight excluding hydrogens is 338 g/mol. The van der Waals surface area contributed by atoms with Gasteiger partial charge in [-0.3, -0.25) is 4.79 Å². The summed E-state index contributed by atoms with van der Waals surface area (Å²) in [6.07, 6.45) is 6.37. The van der Waals surface area contributed by atoms with Crippen molar-refractivity contribution in [2.24, 2.45) is 0 Å². The van der Waals surface area contributed by atoms with Gasteiger partial charge in [0.25, 0.3) is 0 Å². The van der Waals surface area contributed by atoms with Gasteiger partial charge < -0.3 is 14.8 Å². The molecule has 0 bridgehead atoms. The highest BCUT2D eigenvalue weighted by atomic mass is 32.1. The Morgan fingerprint density at radius 1 is 1.20 bits per heavy atom. The zero-order chi connectivity index (χ0) is 17.6. The van der Waals surface area contributed by atoms with Crippen molar-refractivity contribution in [3.05, 3.63) is 28.8 Å². The Morgan fingerprint density at radius 2 is 2.00 bits per heavy atom. The lowest BCUT2D eigenvalue weighted by molar-refractivity contribution is -0.115. The van der Waals surface area contributed by atoms with Gasteiger partial charge in [-0.05, 0) is 18.9 Å². The number of nitrogens with one attached hydrogen (secondary N) is 1. The normalized spacial score (nSPS) is 15.0. The molecule has 1 fully saturated rings. The van der Waals surface area contributed by atoms with Gasteiger partial charge in [0.1, 0.15) is 16.5 Å². The number of amides is 1. The number of hydrogen-bond acceptors (Lipinski definition) is 6. The number of rotatable bonds is 6. The number of anilines is 1. The molecule has 134 valence electrons. The molecule has 1 N–H and O–H groups in total. The van der Waals surface area contributed by atoms with E-state index in [-0.39, 0.29) is 12.3 Å². The molecule has 7 heteroatoms. The number of aromatic nitrogens is 2. The lowest BCUT2D eigenvalue weighted by Crippen LogP contribution is -2.14. The molecule has 1 saturated carbocycles. The predicted molar refractivity (Wildman–Crippen MR) is 97.6 cm³/mol. The minimum Gasteiger partial charge on any atom is -0.497 e. The van der Waals surface area contributed by atoms with Crippen LogP contribution in [0.2, 0.25) is 0 Å². The molecule has 1 amide bonds. The monoisotopic (exact) mass is 361 g/mol. The lowest BCUT2D eigenvalue weighted by atomic mass is 9.90. The van der Waals surface area contributed by atoms with Gasteiger partial charge in [0.2, 0.25) is 11.0 Å². The minimum absolute atomic E-state index is 0.130. The van der Waals surface area contributed by atoms with Crippen LogP contribution in [-0.4, -0.2) is 30.3 Å². The van der Waals surface area contributed by atoms with E-state index in [4.69, 9.17) is 9.47 Å². The third kappa shape index (κ3) is 4.48. The SMILES string of the molecule is COc1ccc(CC(=O)Nc2nnc(C3CCCCC3)s2)c(OC)c1. The Kier molecular flexibility index (Phi) is 5.86. The first-order valence-electron chi connectivity index (χ1n) is 8.53.